The highest BCUT2D eigenvalue weighted by Crippen LogP contribution is 2.30. The third-order valence-corrected chi connectivity index (χ3v) is 6.43. The van der Waals surface area contributed by atoms with Crippen LogP contribution < -0.4 is 10.9 Å². The van der Waals surface area contributed by atoms with E-state index in [1.807, 2.05) is 6.07 Å². The van der Waals surface area contributed by atoms with Gasteiger partial charge in [0, 0.05) is 13.0 Å². The van der Waals surface area contributed by atoms with Gasteiger partial charge in [0.05, 0.1) is 53.1 Å². The highest BCUT2D eigenvalue weighted by atomic mass is 35.5. The standard InChI is InChI=1S/C28H23F4N5O2.ClH/c1-3-4-12-37-26(39)22-16-36(25(38)21-10-5-18(15-33)14-23(21)29)13-11-24(22)35-27(37)34-17(2)19-6-8-20(9-7-19)28(30,31)32;/h5-10,14,17H,11-13,16H2,1-2H3,(H,34,35);1H/t17-;/m0./s1. The molecule has 3 aromatic rings. The summed E-state index contributed by atoms with van der Waals surface area (Å²) in [5, 5.41) is 12.0. The van der Waals surface area contributed by atoms with Crippen LogP contribution in [0.3, 0.4) is 0 Å². The van der Waals surface area contributed by atoms with Gasteiger partial charge in [-0.3, -0.25) is 14.2 Å². The lowest BCUT2D eigenvalue weighted by Gasteiger charge is -2.29. The van der Waals surface area contributed by atoms with Crippen LogP contribution in [0.4, 0.5) is 23.5 Å². The van der Waals surface area contributed by atoms with E-state index in [0.29, 0.717) is 11.3 Å². The normalized spacial score (nSPS) is 13.2. The Kier molecular flexibility index (Phi) is 9.23. The van der Waals surface area contributed by atoms with Crippen LogP contribution in [0.5, 0.6) is 0 Å². The van der Waals surface area contributed by atoms with Crippen molar-refractivity contribution < 1.29 is 22.4 Å². The number of amides is 1. The maximum atomic E-state index is 14.5. The molecule has 40 heavy (non-hydrogen) atoms. The van der Waals surface area contributed by atoms with Crippen molar-refractivity contribution >= 4 is 24.3 Å². The largest absolute Gasteiger partial charge is 0.416 e. The molecule has 208 valence electrons. The van der Waals surface area contributed by atoms with Crippen LogP contribution in [0, 0.1) is 29.0 Å². The van der Waals surface area contributed by atoms with Gasteiger partial charge in [-0.05, 0) is 49.7 Å². The van der Waals surface area contributed by atoms with E-state index < -0.39 is 35.1 Å². The first-order chi connectivity index (χ1) is 18.5. The van der Waals surface area contributed by atoms with Crippen molar-refractivity contribution in [3.8, 4) is 17.9 Å². The molecule has 0 saturated carbocycles. The van der Waals surface area contributed by atoms with Crippen molar-refractivity contribution in [1.82, 2.24) is 14.5 Å². The van der Waals surface area contributed by atoms with E-state index in [0.717, 1.165) is 18.2 Å². The molecule has 1 aliphatic rings. The number of hydrogen-bond donors (Lipinski definition) is 1. The van der Waals surface area contributed by atoms with Crippen LogP contribution in [0.15, 0.2) is 47.3 Å². The van der Waals surface area contributed by atoms with Gasteiger partial charge in [0.15, 0.2) is 0 Å². The smallest absolute Gasteiger partial charge is 0.349 e. The van der Waals surface area contributed by atoms with E-state index >= 15 is 0 Å². The summed E-state index contributed by atoms with van der Waals surface area (Å²) >= 11 is 0. The molecule has 0 aliphatic carbocycles. The first kappa shape index (κ1) is 30.2. The summed E-state index contributed by atoms with van der Waals surface area (Å²) in [7, 11) is 0. The molecular weight excluding hydrogens is 550 g/mol. The Morgan fingerprint density at radius 2 is 1.90 bits per heavy atom. The van der Waals surface area contributed by atoms with Crippen molar-refractivity contribution in [1.29, 1.82) is 5.26 Å². The number of rotatable bonds is 5. The number of carbonyl (C=O) groups excluding carboxylic acids is 1. The van der Waals surface area contributed by atoms with Crippen LogP contribution >= 0.6 is 12.4 Å². The molecule has 2 heterocycles. The molecule has 1 aliphatic heterocycles. The Bertz CT molecular complexity index is 1580. The van der Waals surface area contributed by atoms with Crippen LogP contribution in [-0.4, -0.2) is 26.9 Å². The quantitative estimate of drug-likeness (QED) is 0.339. The molecular formula is C28H24ClF4N5O2. The highest BCUT2D eigenvalue weighted by molar-refractivity contribution is 5.94. The van der Waals surface area contributed by atoms with Crippen LogP contribution in [-0.2, 0) is 25.7 Å². The number of benzene rings is 2. The van der Waals surface area contributed by atoms with Crippen LogP contribution in [0.2, 0.25) is 0 Å². The zero-order valence-electron chi connectivity index (χ0n) is 21.5. The van der Waals surface area contributed by atoms with Crippen LogP contribution in [0.1, 0.15) is 58.2 Å². The Hall–Kier alpha value is -4.35. The lowest BCUT2D eigenvalue weighted by atomic mass is 10.0. The molecule has 2 aromatic carbocycles. The minimum absolute atomic E-state index is 0. The summed E-state index contributed by atoms with van der Waals surface area (Å²) in [5.41, 5.74) is -0.0112. The van der Waals surface area contributed by atoms with E-state index in [2.05, 4.69) is 22.1 Å². The van der Waals surface area contributed by atoms with Crippen molar-refractivity contribution in [3.05, 3.63) is 92.1 Å². The minimum Gasteiger partial charge on any atom is -0.349 e. The zero-order valence-corrected chi connectivity index (χ0v) is 22.3. The number of carbonyl (C=O) groups is 1. The summed E-state index contributed by atoms with van der Waals surface area (Å²) in [5.74, 6) is 4.30. The maximum absolute atomic E-state index is 14.5. The van der Waals surface area contributed by atoms with E-state index in [9.17, 15) is 27.2 Å². The first-order valence-electron chi connectivity index (χ1n) is 12.0. The molecule has 0 saturated heterocycles. The van der Waals surface area contributed by atoms with Gasteiger partial charge in [-0.15, -0.1) is 18.3 Å². The number of alkyl halides is 3. The number of halogens is 5. The SMILES string of the molecule is CC#CCn1c(N[C@@H](C)c2ccc(C(F)(F)F)cc2)nc2c(c1=O)CN(C(=O)c1ccc(C#N)cc1F)CC2.Cl. The molecule has 0 bridgehead atoms. The predicted octanol–water partition coefficient (Wildman–Crippen LogP) is 5.09. The summed E-state index contributed by atoms with van der Waals surface area (Å²) in [6.45, 7) is 3.44. The highest BCUT2D eigenvalue weighted by Gasteiger charge is 2.31. The number of nitrogens with one attached hydrogen (secondary N) is 1. The van der Waals surface area contributed by atoms with Gasteiger partial charge < -0.3 is 10.2 Å². The summed E-state index contributed by atoms with van der Waals surface area (Å²) < 4.78 is 54.6. The van der Waals surface area contributed by atoms with E-state index in [1.54, 1.807) is 13.8 Å². The van der Waals surface area contributed by atoms with E-state index in [1.165, 1.54) is 33.7 Å². The number of aromatic nitrogens is 2. The Balaban J connectivity index is 0.00000441. The van der Waals surface area contributed by atoms with Gasteiger partial charge in [0.25, 0.3) is 11.5 Å². The minimum atomic E-state index is -4.45. The first-order valence-corrected chi connectivity index (χ1v) is 12.0. The molecule has 0 unspecified atom stereocenters. The second-order valence-corrected chi connectivity index (χ2v) is 8.95. The fourth-order valence-corrected chi connectivity index (χ4v) is 4.27. The summed E-state index contributed by atoms with van der Waals surface area (Å²) in [4.78, 5) is 32.5. The third-order valence-electron chi connectivity index (χ3n) is 6.43. The average Bonchev–Trinajstić information content (AvgIpc) is 2.92. The van der Waals surface area contributed by atoms with Crippen molar-refractivity contribution in [2.45, 2.75) is 45.6 Å². The van der Waals surface area contributed by atoms with Crippen LogP contribution in [0.25, 0.3) is 0 Å². The van der Waals surface area contributed by atoms with E-state index in [4.69, 9.17) is 5.26 Å². The molecule has 1 aromatic heterocycles. The van der Waals surface area contributed by atoms with Gasteiger partial charge in [0.2, 0.25) is 5.95 Å². The molecule has 1 amide bonds. The fourth-order valence-electron chi connectivity index (χ4n) is 4.27. The molecule has 7 nitrogen and oxygen atoms in total. The molecule has 4 rings (SSSR count). The van der Waals surface area contributed by atoms with Gasteiger partial charge in [-0.2, -0.15) is 18.4 Å². The van der Waals surface area contributed by atoms with Gasteiger partial charge >= 0.3 is 6.18 Å². The third kappa shape index (κ3) is 6.27. The molecule has 1 N–H and O–H groups in total. The number of hydrogen-bond acceptors (Lipinski definition) is 5. The Labute approximate surface area is 233 Å². The van der Waals surface area contributed by atoms with Crippen molar-refractivity contribution in [3.63, 3.8) is 0 Å². The molecule has 0 radical (unpaired) electrons. The lowest BCUT2D eigenvalue weighted by molar-refractivity contribution is -0.137. The monoisotopic (exact) mass is 573 g/mol. The fraction of sp³-hybridized carbons (Fsp3) is 0.286. The summed E-state index contributed by atoms with van der Waals surface area (Å²) in [6.07, 6.45) is -4.21. The Morgan fingerprint density at radius 3 is 2.50 bits per heavy atom. The number of nitrogens with zero attached hydrogens (tertiary/aromatic N) is 4. The molecule has 1 atom stereocenters. The molecule has 12 heteroatoms. The average molecular weight is 574 g/mol. The van der Waals surface area contributed by atoms with Crippen molar-refractivity contribution in [2.75, 3.05) is 11.9 Å². The Morgan fingerprint density at radius 1 is 1.20 bits per heavy atom. The second-order valence-electron chi connectivity index (χ2n) is 8.95. The molecule has 0 spiro atoms. The zero-order chi connectivity index (χ0) is 28.3. The summed E-state index contributed by atoms with van der Waals surface area (Å²) in [6, 6.07) is 9.61. The predicted molar refractivity (Wildman–Crippen MR) is 142 cm³/mol. The van der Waals surface area contributed by atoms with Crippen molar-refractivity contribution in [2.24, 2.45) is 0 Å². The van der Waals surface area contributed by atoms with E-state index in [-0.39, 0.29) is 61.1 Å². The number of anilines is 1. The number of fused-ring (bicyclic) bond motifs is 1. The van der Waals surface area contributed by atoms with Gasteiger partial charge in [-0.25, -0.2) is 9.37 Å². The topological polar surface area (TPSA) is 91.0 Å². The number of nitriles is 1. The van der Waals surface area contributed by atoms with Gasteiger partial charge in [-0.1, -0.05) is 18.1 Å². The van der Waals surface area contributed by atoms with Gasteiger partial charge in [0.1, 0.15) is 5.82 Å². The molecule has 0 fully saturated rings. The second kappa shape index (κ2) is 12.2. The lowest BCUT2D eigenvalue weighted by Crippen LogP contribution is -2.42. The maximum Gasteiger partial charge on any atom is 0.416 e.